The summed E-state index contributed by atoms with van der Waals surface area (Å²) in [6, 6.07) is 3.94. The van der Waals surface area contributed by atoms with E-state index in [2.05, 4.69) is 5.32 Å². The van der Waals surface area contributed by atoms with E-state index >= 15 is 0 Å². The van der Waals surface area contributed by atoms with Gasteiger partial charge in [-0.05, 0) is 62.8 Å². The fourth-order valence-electron chi connectivity index (χ4n) is 4.98. The summed E-state index contributed by atoms with van der Waals surface area (Å²) in [7, 11) is 0. The SMILES string of the molecule is CC1=CCC[C@H](CO)[C@@H](OC(N)=O)C(C)=C[C@H](C)[C@@H](O)[C@@H](CO)C[C@H](C)[C@@H](O)c2cc(ccc2F)NC1=O. The highest BCUT2D eigenvalue weighted by molar-refractivity contribution is 6.03. The Hall–Kier alpha value is -2.79. The van der Waals surface area contributed by atoms with Gasteiger partial charge in [0.25, 0.3) is 5.91 Å². The van der Waals surface area contributed by atoms with E-state index in [0.29, 0.717) is 29.7 Å². The molecule has 38 heavy (non-hydrogen) atoms. The lowest BCUT2D eigenvalue weighted by molar-refractivity contribution is -0.112. The number of benzene rings is 1. The van der Waals surface area contributed by atoms with E-state index in [1.165, 1.54) is 18.2 Å². The highest BCUT2D eigenvalue weighted by Crippen LogP contribution is 2.33. The average molecular weight is 537 g/mol. The lowest BCUT2D eigenvalue weighted by atomic mass is 9.81. The second kappa shape index (κ2) is 14.4. The van der Waals surface area contributed by atoms with E-state index in [0.717, 1.165) is 0 Å². The number of nitrogens with one attached hydrogen (secondary N) is 1. The second-order valence-corrected chi connectivity index (χ2v) is 10.3. The van der Waals surface area contributed by atoms with Crippen molar-refractivity contribution >= 4 is 17.7 Å². The van der Waals surface area contributed by atoms with Crippen molar-refractivity contribution in [3.63, 3.8) is 0 Å². The van der Waals surface area contributed by atoms with E-state index in [4.69, 9.17) is 10.5 Å². The number of hydrogen-bond donors (Lipinski definition) is 6. The van der Waals surface area contributed by atoms with Crippen LogP contribution in [0.4, 0.5) is 14.9 Å². The molecule has 1 aliphatic rings. The lowest BCUT2D eigenvalue weighted by Crippen LogP contribution is -2.35. The van der Waals surface area contributed by atoms with Crippen molar-refractivity contribution in [1.82, 2.24) is 0 Å². The van der Waals surface area contributed by atoms with Gasteiger partial charge in [-0.2, -0.15) is 0 Å². The van der Waals surface area contributed by atoms with Crippen LogP contribution in [0.25, 0.3) is 0 Å². The van der Waals surface area contributed by atoms with Crippen LogP contribution >= 0.6 is 0 Å². The van der Waals surface area contributed by atoms with Crippen LogP contribution in [-0.4, -0.2) is 57.8 Å². The summed E-state index contributed by atoms with van der Waals surface area (Å²) in [6.45, 7) is 6.06. The van der Waals surface area contributed by atoms with Gasteiger partial charge in [0.15, 0.2) is 0 Å². The molecule has 0 aliphatic carbocycles. The topological polar surface area (TPSA) is 162 Å². The summed E-state index contributed by atoms with van der Waals surface area (Å²) in [6.07, 6.45) is 0.152. The number of ether oxygens (including phenoxy) is 1. The van der Waals surface area contributed by atoms with Gasteiger partial charge in [0.05, 0.1) is 12.2 Å². The van der Waals surface area contributed by atoms with Crippen molar-refractivity contribution in [3.8, 4) is 0 Å². The molecule has 0 spiro atoms. The van der Waals surface area contributed by atoms with E-state index in [9.17, 15) is 34.4 Å². The third-order valence-electron chi connectivity index (χ3n) is 7.27. The van der Waals surface area contributed by atoms with Crippen molar-refractivity contribution in [2.45, 2.75) is 65.3 Å². The number of aliphatic hydroxyl groups is 4. The molecule has 0 radical (unpaired) electrons. The Morgan fingerprint density at radius 2 is 1.82 bits per heavy atom. The molecule has 0 aromatic heterocycles. The molecule has 0 fully saturated rings. The Bertz CT molecular complexity index is 1030. The molecule has 7 atom stereocenters. The molecule has 10 heteroatoms. The first-order valence-corrected chi connectivity index (χ1v) is 12.9. The van der Waals surface area contributed by atoms with Gasteiger partial charge in [0.1, 0.15) is 11.9 Å². The minimum Gasteiger partial charge on any atom is -0.441 e. The molecule has 1 aromatic rings. The summed E-state index contributed by atoms with van der Waals surface area (Å²) in [5.41, 5.74) is 6.55. The maximum absolute atomic E-state index is 14.6. The second-order valence-electron chi connectivity index (χ2n) is 10.3. The number of aliphatic hydroxyl groups excluding tert-OH is 4. The van der Waals surface area contributed by atoms with Crippen LogP contribution in [0.2, 0.25) is 0 Å². The number of anilines is 1. The molecule has 2 amide bonds. The van der Waals surface area contributed by atoms with Crippen molar-refractivity contribution < 1.29 is 39.1 Å². The van der Waals surface area contributed by atoms with Crippen LogP contribution in [-0.2, 0) is 9.53 Å². The van der Waals surface area contributed by atoms with Crippen LogP contribution in [0.15, 0.2) is 41.5 Å². The first-order valence-electron chi connectivity index (χ1n) is 12.9. The first kappa shape index (κ1) is 31.4. The number of amides is 2. The largest absolute Gasteiger partial charge is 0.441 e. The Balaban J connectivity index is 2.52. The van der Waals surface area contributed by atoms with Gasteiger partial charge in [-0.1, -0.05) is 26.0 Å². The van der Waals surface area contributed by atoms with E-state index < -0.39 is 59.8 Å². The Labute approximate surface area is 223 Å². The number of nitrogens with two attached hydrogens (primary N) is 1. The van der Waals surface area contributed by atoms with Crippen LogP contribution in [0, 0.1) is 29.5 Å². The molecular weight excluding hydrogens is 495 g/mol. The van der Waals surface area contributed by atoms with Crippen LogP contribution in [0.5, 0.6) is 0 Å². The van der Waals surface area contributed by atoms with Gasteiger partial charge >= 0.3 is 6.09 Å². The Morgan fingerprint density at radius 3 is 2.42 bits per heavy atom. The van der Waals surface area contributed by atoms with Crippen LogP contribution < -0.4 is 11.1 Å². The van der Waals surface area contributed by atoms with E-state index in [1.54, 1.807) is 39.8 Å². The summed E-state index contributed by atoms with van der Waals surface area (Å²) < 4.78 is 20.0. The van der Waals surface area contributed by atoms with E-state index in [1.807, 2.05) is 0 Å². The maximum atomic E-state index is 14.6. The van der Waals surface area contributed by atoms with Crippen molar-refractivity contribution in [3.05, 3.63) is 52.9 Å². The fourth-order valence-corrected chi connectivity index (χ4v) is 4.98. The zero-order chi connectivity index (χ0) is 28.6. The van der Waals surface area contributed by atoms with Gasteiger partial charge in [-0.25, -0.2) is 9.18 Å². The van der Waals surface area contributed by atoms with Gasteiger partial charge in [-0.3, -0.25) is 4.79 Å². The van der Waals surface area contributed by atoms with Crippen molar-refractivity contribution in [2.75, 3.05) is 18.5 Å². The number of primary amides is 1. The number of hydrogen-bond acceptors (Lipinski definition) is 7. The molecule has 2 bridgehead atoms. The van der Waals surface area contributed by atoms with Crippen molar-refractivity contribution in [1.29, 1.82) is 0 Å². The molecule has 0 unspecified atom stereocenters. The van der Waals surface area contributed by atoms with Crippen molar-refractivity contribution in [2.24, 2.45) is 29.4 Å². The average Bonchev–Trinajstić information content (AvgIpc) is 2.87. The smallest absolute Gasteiger partial charge is 0.405 e. The summed E-state index contributed by atoms with van der Waals surface area (Å²) in [4.78, 5) is 24.4. The summed E-state index contributed by atoms with van der Waals surface area (Å²) in [5.74, 6) is -3.27. The maximum Gasteiger partial charge on any atom is 0.405 e. The molecule has 212 valence electrons. The third kappa shape index (κ3) is 8.36. The number of fused-ring (bicyclic) bond motifs is 2. The Morgan fingerprint density at radius 1 is 1.16 bits per heavy atom. The number of rotatable bonds is 3. The predicted molar refractivity (Wildman–Crippen MR) is 141 cm³/mol. The standard InChI is InChI=1S/C28H41FN2O7/c1-15-6-5-7-19(13-32)26(38-28(30)37)18(4)10-16(2)24(34)20(14-33)11-17(3)25(35)22-12-21(31-27(15)36)8-9-23(22)29/h6,8-10,12,16-17,19-20,24-26,32-35H,5,7,11,13-14H2,1-4H3,(H2,30,37)(H,31,36)/t16-,17-,19+,20+,24+,25+,26-/m0/s1. The molecular formula is C28H41FN2O7. The van der Waals surface area contributed by atoms with Gasteiger partial charge < -0.3 is 36.2 Å². The summed E-state index contributed by atoms with van der Waals surface area (Å²) in [5, 5.41) is 44.7. The molecule has 0 saturated heterocycles. The molecule has 1 aromatic carbocycles. The highest BCUT2D eigenvalue weighted by atomic mass is 19.1. The molecule has 9 nitrogen and oxygen atoms in total. The fraction of sp³-hybridized carbons (Fsp3) is 0.571. The van der Waals surface area contributed by atoms with Crippen LogP contribution in [0.3, 0.4) is 0 Å². The predicted octanol–water partition coefficient (Wildman–Crippen LogP) is 3.19. The normalized spacial score (nSPS) is 30.1. The monoisotopic (exact) mass is 536 g/mol. The molecule has 1 aliphatic heterocycles. The number of carbonyl (C=O) groups excluding carboxylic acids is 2. The van der Waals surface area contributed by atoms with Gasteiger partial charge in [-0.15, -0.1) is 0 Å². The van der Waals surface area contributed by atoms with Gasteiger partial charge in [0.2, 0.25) is 0 Å². The molecule has 1 heterocycles. The first-order chi connectivity index (χ1) is 17.9. The number of carbonyl (C=O) groups is 2. The zero-order valence-corrected chi connectivity index (χ0v) is 22.4. The highest BCUT2D eigenvalue weighted by Gasteiger charge is 2.31. The number of halogens is 1. The minimum absolute atomic E-state index is 0.00190. The lowest BCUT2D eigenvalue weighted by Gasteiger charge is -2.31. The number of allylic oxidation sites excluding steroid dienone is 1. The quantitative estimate of drug-likeness (QED) is 0.323. The summed E-state index contributed by atoms with van der Waals surface area (Å²) >= 11 is 0. The van der Waals surface area contributed by atoms with Gasteiger partial charge in [0, 0.05) is 47.8 Å². The van der Waals surface area contributed by atoms with E-state index in [-0.39, 0.29) is 25.2 Å². The Kier molecular flexibility index (Phi) is 11.9. The molecule has 2 rings (SSSR count). The molecule has 0 saturated carbocycles. The third-order valence-corrected chi connectivity index (χ3v) is 7.27. The van der Waals surface area contributed by atoms with Crippen LogP contribution in [0.1, 0.15) is 58.6 Å². The minimum atomic E-state index is -1.25. The molecule has 7 N–H and O–H groups in total. The zero-order valence-electron chi connectivity index (χ0n) is 22.4.